The number of halogens is 1. The van der Waals surface area contributed by atoms with E-state index in [0.29, 0.717) is 28.1 Å². The Balaban J connectivity index is 1.98. The molecule has 0 unspecified atom stereocenters. The zero-order valence-corrected chi connectivity index (χ0v) is 19.2. The molecule has 0 atom stereocenters. The molecule has 0 aromatic heterocycles. The molecule has 30 heavy (non-hydrogen) atoms. The van der Waals surface area contributed by atoms with Crippen LogP contribution in [0.25, 0.3) is 6.08 Å². The maximum Gasteiger partial charge on any atom is 0.335 e. The van der Waals surface area contributed by atoms with Crippen LogP contribution in [0.4, 0.5) is 5.69 Å². The maximum absolute atomic E-state index is 12.9. The number of carboxylic acid groups (broad SMARTS) is 1. The molecule has 2 aromatic carbocycles. The first-order chi connectivity index (χ1) is 14.3. The highest BCUT2D eigenvalue weighted by Crippen LogP contribution is 2.36. The topological polar surface area (TPSA) is 79.2 Å². The zero-order valence-electron chi connectivity index (χ0n) is 16.8. The molecular weight excluding hydrogens is 468 g/mol. The molecule has 8 heteroatoms. The number of likely N-dealkylation sites (N-methyl/N-ethyl adjacent to an activating group) is 1. The lowest BCUT2D eigenvalue weighted by atomic mass is 10.2. The van der Waals surface area contributed by atoms with E-state index in [4.69, 9.17) is 4.74 Å². The van der Waals surface area contributed by atoms with Gasteiger partial charge in [-0.2, -0.15) is 0 Å². The summed E-state index contributed by atoms with van der Waals surface area (Å²) in [5, 5.41) is 9.70. The fraction of sp³-hybridized carbons (Fsp3) is 0.227. The Labute approximate surface area is 187 Å². The van der Waals surface area contributed by atoms with Crippen molar-refractivity contribution in [2.45, 2.75) is 26.9 Å². The van der Waals surface area contributed by atoms with E-state index in [2.05, 4.69) is 20.9 Å². The van der Waals surface area contributed by atoms with Crippen LogP contribution in [-0.4, -0.2) is 39.7 Å². The van der Waals surface area contributed by atoms with E-state index in [1.807, 2.05) is 39.0 Å². The number of nitrogens with zero attached hydrogens (tertiary/aromatic N) is 2. The molecule has 1 saturated heterocycles. The van der Waals surface area contributed by atoms with Crippen LogP contribution in [0.1, 0.15) is 36.7 Å². The summed E-state index contributed by atoms with van der Waals surface area (Å²) in [7, 11) is 0. The number of rotatable bonds is 6. The summed E-state index contributed by atoms with van der Waals surface area (Å²) < 4.78 is 6.75. The van der Waals surface area contributed by atoms with Gasteiger partial charge >= 0.3 is 5.97 Å². The second-order valence-electron chi connectivity index (χ2n) is 6.76. The smallest absolute Gasteiger partial charge is 0.335 e. The molecule has 156 valence electrons. The minimum absolute atomic E-state index is 0.000957. The summed E-state index contributed by atoms with van der Waals surface area (Å²) in [6.45, 7) is 6.22. The van der Waals surface area contributed by atoms with Gasteiger partial charge in [0.2, 0.25) is 0 Å². The first-order valence-electron chi connectivity index (χ1n) is 9.38. The first kappa shape index (κ1) is 22.1. The van der Waals surface area contributed by atoms with Crippen molar-refractivity contribution in [2.24, 2.45) is 4.99 Å². The van der Waals surface area contributed by atoms with Crippen LogP contribution >= 0.6 is 27.7 Å². The summed E-state index contributed by atoms with van der Waals surface area (Å²) in [5.41, 5.74) is 1.42. The Kier molecular flexibility index (Phi) is 6.99. The molecule has 1 N–H and O–H groups in total. The number of aromatic carboxylic acids is 1. The molecule has 0 spiro atoms. The fourth-order valence-corrected chi connectivity index (χ4v) is 4.26. The lowest BCUT2D eigenvalue weighted by Gasteiger charge is -2.13. The Morgan fingerprint density at radius 3 is 2.73 bits per heavy atom. The summed E-state index contributed by atoms with van der Waals surface area (Å²) >= 11 is 4.73. The van der Waals surface area contributed by atoms with Crippen molar-refractivity contribution >= 4 is 56.5 Å². The number of carboxylic acids is 1. The minimum Gasteiger partial charge on any atom is -0.490 e. The van der Waals surface area contributed by atoms with Gasteiger partial charge in [0.1, 0.15) is 5.75 Å². The van der Waals surface area contributed by atoms with Gasteiger partial charge in [-0.25, -0.2) is 9.79 Å². The van der Waals surface area contributed by atoms with Gasteiger partial charge in [0.25, 0.3) is 5.91 Å². The van der Waals surface area contributed by atoms with Crippen molar-refractivity contribution in [2.75, 3.05) is 6.54 Å². The molecule has 1 amide bonds. The van der Waals surface area contributed by atoms with Gasteiger partial charge in [-0.15, -0.1) is 0 Å². The third-order valence-corrected chi connectivity index (χ3v) is 5.64. The Hall–Kier alpha value is -2.58. The monoisotopic (exact) mass is 488 g/mol. The minimum atomic E-state index is -1.02. The lowest BCUT2D eigenvalue weighted by Crippen LogP contribution is -2.28. The van der Waals surface area contributed by atoms with Crippen molar-refractivity contribution in [1.29, 1.82) is 0 Å². The van der Waals surface area contributed by atoms with Crippen LogP contribution in [0.3, 0.4) is 0 Å². The number of carbonyl (C=O) groups is 2. The Bertz CT molecular complexity index is 1050. The Morgan fingerprint density at radius 1 is 1.30 bits per heavy atom. The van der Waals surface area contributed by atoms with Gasteiger partial charge in [-0.3, -0.25) is 9.69 Å². The van der Waals surface area contributed by atoms with Crippen LogP contribution in [0, 0.1) is 0 Å². The number of thioether (sulfide) groups is 1. The predicted molar refractivity (Wildman–Crippen MR) is 123 cm³/mol. The van der Waals surface area contributed by atoms with E-state index in [9.17, 15) is 14.7 Å². The van der Waals surface area contributed by atoms with Gasteiger partial charge in [0.05, 0.1) is 22.3 Å². The highest BCUT2D eigenvalue weighted by atomic mass is 79.9. The van der Waals surface area contributed by atoms with Crippen LogP contribution < -0.4 is 4.74 Å². The molecule has 0 radical (unpaired) electrons. The predicted octanol–water partition coefficient (Wildman–Crippen LogP) is 5.56. The fourth-order valence-electron chi connectivity index (χ4n) is 2.82. The molecule has 0 saturated carbocycles. The summed E-state index contributed by atoms with van der Waals surface area (Å²) in [6.07, 6.45) is 1.80. The second-order valence-corrected chi connectivity index (χ2v) is 8.68. The standard InChI is InChI=1S/C22H21BrN2O4S/c1-4-25-20(26)19(12-15-10-16(23)8-9-18(15)29-13(2)3)30-22(25)24-17-7-5-6-14(11-17)21(27)28/h5-13H,4H2,1-3H3,(H,27,28)/b19-12+,24-22?. The van der Waals surface area contributed by atoms with E-state index in [1.165, 1.54) is 23.9 Å². The van der Waals surface area contributed by atoms with Crippen molar-refractivity contribution in [1.82, 2.24) is 4.90 Å². The molecule has 1 fully saturated rings. The second kappa shape index (κ2) is 9.49. The van der Waals surface area contributed by atoms with Crippen molar-refractivity contribution in [3.05, 3.63) is 63.0 Å². The third kappa shape index (κ3) is 5.12. The molecule has 1 aliphatic heterocycles. The van der Waals surface area contributed by atoms with Crippen molar-refractivity contribution in [3.63, 3.8) is 0 Å². The molecule has 1 heterocycles. The summed E-state index contributed by atoms with van der Waals surface area (Å²) in [6, 6.07) is 12.0. The van der Waals surface area contributed by atoms with Crippen LogP contribution in [0.5, 0.6) is 5.75 Å². The quantitative estimate of drug-likeness (QED) is 0.538. The Morgan fingerprint density at radius 2 is 2.07 bits per heavy atom. The largest absolute Gasteiger partial charge is 0.490 e. The lowest BCUT2D eigenvalue weighted by molar-refractivity contribution is -0.122. The molecule has 2 aromatic rings. The number of amides is 1. The summed E-state index contributed by atoms with van der Waals surface area (Å²) in [5.74, 6) is -0.477. The number of hydrogen-bond acceptors (Lipinski definition) is 5. The molecule has 6 nitrogen and oxygen atoms in total. The van der Waals surface area contributed by atoms with Crippen LogP contribution in [0.15, 0.2) is 56.8 Å². The first-order valence-corrected chi connectivity index (χ1v) is 11.0. The zero-order chi connectivity index (χ0) is 21.8. The molecule has 0 aliphatic carbocycles. The molecule has 1 aliphatic rings. The van der Waals surface area contributed by atoms with Gasteiger partial charge < -0.3 is 9.84 Å². The van der Waals surface area contributed by atoms with E-state index in [-0.39, 0.29) is 17.6 Å². The number of amidine groups is 1. The van der Waals surface area contributed by atoms with E-state index < -0.39 is 5.97 Å². The highest BCUT2D eigenvalue weighted by molar-refractivity contribution is 9.10. The van der Waals surface area contributed by atoms with E-state index in [1.54, 1.807) is 23.1 Å². The molecule has 0 bridgehead atoms. The number of ether oxygens (including phenoxy) is 1. The van der Waals surface area contributed by atoms with Crippen molar-refractivity contribution in [3.8, 4) is 5.75 Å². The van der Waals surface area contributed by atoms with Gasteiger partial charge in [0.15, 0.2) is 5.17 Å². The van der Waals surface area contributed by atoms with Crippen LogP contribution in [0.2, 0.25) is 0 Å². The summed E-state index contributed by atoms with van der Waals surface area (Å²) in [4.78, 5) is 30.8. The average Bonchev–Trinajstić information content (AvgIpc) is 2.98. The average molecular weight is 489 g/mol. The molecular formula is C22H21BrN2O4S. The van der Waals surface area contributed by atoms with E-state index in [0.717, 1.165) is 10.0 Å². The van der Waals surface area contributed by atoms with Crippen LogP contribution in [-0.2, 0) is 4.79 Å². The number of carbonyl (C=O) groups excluding carboxylic acids is 1. The van der Waals surface area contributed by atoms with E-state index >= 15 is 0 Å². The maximum atomic E-state index is 12.9. The SMILES string of the molecule is CCN1C(=O)/C(=C\c2cc(Br)ccc2OC(C)C)SC1=Nc1cccc(C(=O)O)c1. The number of benzene rings is 2. The number of aliphatic imine (C=N–C) groups is 1. The normalized spacial score (nSPS) is 16.7. The molecule has 3 rings (SSSR count). The van der Waals surface area contributed by atoms with Crippen molar-refractivity contribution < 1.29 is 19.4 Å². The van der Waals surface area contributed by atoms with Gasteiger partial charge in [-0.05, 0) is 75.0 Å². The highest BCUT2D eigenvalue weighted by Gasteiger charge is 2.32. The van der Waals surface area contributed by atoms with Gasteiger partial charge in [-0.1, -0.05) is 22.0 Å². The third-order valence-electron chi connectivity index (χ3n) is 4.14. The van der Waals surface area contributed by atoms with Gasteiger partial charge in [0, 0.05) is 16.6 Å². The number of hydrogen-bond donors (Lipinski definition) is 1.